The molecule has 1 aromatic heterocycles. The van der Waals surface area contributed by atoms with Crippen LogP contribution in [0, 0.1) is 0 Å². The molecule has 0 aliphatic carbocycles. The Morgan fingerprint density at radius 3 is 2.36 bits per heavy atom. The minimum absolute atomic E-state index is 0.132. The van der Waals surface area contributed by atoms with Crippen LogP contribution < -0.4 is 0 Å². The van der Waals surface area contributed by atoms with Crippen LogP contribution in [0.4, 0.5) is 13.2 Å². The molecule has 0 amide bonds. The summed E-state index contributed by atoms with van der Waals surface area (Å²) in [5.41, 5.74) is -0.549. The summed E-state index contributed by atoms with van der Waals surface area (Å²) in [6, 6.07) is 0. The molecular weight excluding hydrogens is 242 g/mol. The van der Waals surface area contributed by atoms with Gasteiger partial charge in [0.1, 0.15) is 0 Å². The van der Waals surface area contributed by atoms with Crippen LogP contribution in [0.3, 0.4) is 0 Å². The van der Waals surface area contributed by atoms with Crippen molar-refractivity contribution < 1.29 is 18.3 Å². The van der Waals surface area contributed by atoms with E-state index in [2.05, 4.69) is 4.98 Å². The topological polar surface area (TPSA) is 33.1 Å². The second-order valence-corrected chi connectivity index (χ2v) is 3.25. The van der Waals surface area contributed by atoms with Gasteiger partial charge in [0.2, 0.25) is 0 Å². The van der Waals surface area contributed by atoms with E-state index in [-0.39, 0.29) is 10.0 Å². The first-order valence-electron chi connectivity index (χ1n) is 3.37. The van der Waals surface area contributed by atoms with Crippen molar-refractivity contribution in [1.29, 1.82) is 0 Å². The van der Waals surface area contributed by atoms with Gasteiger partial charge >= 0.3 is 6.18 Å². The van der Waals surface area contributed by atoms with E-state index in [4.69, 9.17) is 28.3 Å². The number of hydrogen-bond donors (Lipinski definition) is 1. The van der Waals surface area contributed by atoms with Crippen molar-refractivity contribution >= 4 is 23.2 Å². The van der Waals surface area contributed by atoms with Gasteiger partial charge < -0.3 is 5.11 Å². The Morgan fingerprint density at radius 1 is 1.29 bits per heavy atom. The average Bonchev–Trinajstić information content (AvgIpc) is 2.07. The number of aliphatic hydroxyl groups excluding tert-OH is 1. The van der Waals surface area contributed by atoms with Crippen LogP contribution in [0.15, 0.2) is 12.4 Å². The van der Waals surface area contributed by atoms with Gasteiger partial charge in [-0.2, -0.15) is 13.2 Å². The first-order valence-corrected chi connectivity index (χ1v) is 4.13. The Labute approximate surface area is 87.3 Å². The number of rotatable bonds is 1. The first kappa shape index (κ1) is 11.6. The summed E-state index contributed by atoms with van der Waals surface area (Å²) in [5.74, 6) is 0. The molecule has 2 nitrogen and oxygen atoms in total. The lowest BCUT2D eigenvalue weighted by molar-refractivity contribution is -0.206. The minimum atomic E-state index is -4.78. The zero-order chi connectivity index (χ0) is 10.9. The fraction of sp³-hybridized carbons (Fsp3) is 0.286. The molecule has 0 radical (unpaired) electrons. The van der Waals surface area contributed by atoms with Crippen LogP contribution in [0.1, 0.15) is 11.7 Å². The highest BCUT2D eigenvalue weighted by atomic mass is 35.5. The Balaban J connectivity index is 3.14. The first-order chi connectivity index (χ1) is 6.34. The summed E-state index contributed by atoms with van der Waals surface area (Å²) in [6.07, 6.45) is -5.53. The van der Waals surface area contributed by atoms with Crippen LogP contribution in [0.2, 0.25) is 10.0 Å². The van der Waals surface area contributed by atoms with Crippen molar-refractivity contribution in [3.05, 3.63) is 28.0 Å². The highest BCUT2D eigenvalue weighted by Crippen LogP contribution is 2.37. The number of alkyl halides is 3. The molecule has 78 valence electrons. The van der Waals surface area contributed by atoms with Crippen molar-refractivity contribution in [2.45, 2.75) is 12.3 Å². The van der Waals surface area contributed by atoms with Gasteiger partial charge in [0, 0.05) is 18.0 Å². The minimum Gasteiger partial charge on any atom is -0.379 e. The number of hydrogen-bond acceptors (Lipinski definition) is 2. The van der Waals surface area contributed by atoms with E-state index in [9.17, 15) is 13.2 Å². The van der Waals surface area contributed by atoms with Crippen molar-refractivity contribution in [3.63, 3.8) is 0 Å². The predicted molar refractivity (Wildman–Crippen MR) is 45.3 cm³/mol. The molecule has 1 rings (SSSR count). The van der Waals surface area contributed by atoms with Crippen molar-refractivity contribution in [2.75, 3.05) is 0 Å². The SMILES string of the molecule is OC(c1cncc(Cl)c1Cl)C(F)(F)F. The van der Waals surface area contributed by atoms with Crippen molar-refractivity contribution in [3.8, 4) is 0 Å². The normalized spacial score (nSPS) is 14.1. The molecule has 0 aromatic carbocycles. The second-order valence-electron chi connectivity index (χ2n) is 2.47. The van der Waals surface area contributed by atoms with Crippen LogP contribution in [-0.2, 0) is 0 Å². The molecular formula is C7H4Cl2F3NO. The maximum atomic E-state index is 12.1. The van der Waals surface area contributed by atoms with Crippen LogP contribution in [-0.4, -0.2) is 16.3 Å². The van der Waals surface area contributed by atoms with Gasteiger partial charge in [0.05, 0.1) is 10.0 Å². The maximum absolute atomic E-state index is 12.1. The van der Waals surface area contributed by atoms with Gasteiger partial charge in [-0.1, -0.05) is 23.2 Å². The largest absolute Gasteiger partial charge is 0.418 e. The molecule has 0 bridgehead atoms. The van der Waals surface area contributed by atoms with Gasteiger partial charge in [-0.05, 0) is 0 Å². The lowest BCUT2D eigenvalue weighted by atomic mass is 10.1. The Morgan fingerprint density at radius 2 is 1.86 bits per heavy atom. The third-order valence-electron chi connectivity index (χ3n) is 1.47. The molecule has 1 atom stereocenters. The maximum Gasteiger partial charge on any atom is 0.418 e. The molecule has 0 aliphatic rings. The summed E-state index contributed by atoms with van der Waals surface area (Å²) in [4.78, 5) is 3.40. The molecule has 7 heteroatoms. The summed E-state index contributed by atoms with van der Waals surface area (Å²) < 4.78 is 36.2. The molecule has 1 unspecified atom stereocenters. The molecule has 0 fully saturated rings. The second kappa shape index (κ2) is 3.92. The van der Waals surface area contributed by atoms with Gasteiger partial charge in [-0.25, -0.2) is 0 Å². The lowest BCUT2D eigenvalue weighted by Crippen LogP contribution is -2.20. The number of aromatic nitrogens is 1. The van der Waals surface area contributed by atoms with Gasteiger partial charge in [0.15, 0.2) is 6.10 Å². The molecule has 1 N–H and O–H groups in total. The van der Waals surface area contributed by atoms with E-state index in [1.807, 2.05) is 0 Å². The quantitative estimate of drug-likeness (QED) is 0.826. The van der Waals surface area contributed by atoms with E-state index in [0.717, 1.165) is 12.4 Å². The third-order valence-corrected chi connectivity index (χ3v) is 2.27. The van der Waals surface area contributed by atoms with Gasteiger partial charge in [-0.15, -0.1) is 0 Å². The Kier molecular flexibility index (Phi) is 3.24. The standard InChI is InChI=1S/C7H4Cl2F3NO/c8-4-2-13-1-3(5(4)9)6(14)7(10,11)12/h1-2,6,14H. The number of pyridine rings is 1. The molecule has 0 saturated heterocycles. The monoisotopic (exact) mass is 245 g/mol. The fourth-order valence-electron chi connectivity index (χ4n) is 0.801. The van der Waals surface area contributed by atoms with Crippen LogP contribution >= 0.6 is 23.2 Å². The van der Waals surface area contributed by atoms with E-state index in [1.54, 1.807) is 0 Å². The average molecular weight is 246 g/mol. The van der Waals surface area contributed by atoms with E-state index >= 15 is 0 Å². The summed E-state index contributed by atoms with van der Waals surface area (Å²) in [6.45, 7) is 0. The highest BCUT2D eigenvalue weighted by Gasteiger charge is 2.40. The lowest BCUT2D eigenvalue weighted by Gasteiger charge is -2.15. The number of halogens is 5. The third kappa shape index (κ3) is 2.29. The van der Waals surface area contributed by atoms with Crippen molar-refractivity contribution in [2.24, 2.45) is 0 Å². The zero-order valence-corrected chi connectivity index (χ0v) is 8.03. The molecule has 14 heavy (non-hydrogen) atoms. The van der Waals surface area contributed by atoms with Crippen LogP contribution in [0.25, 0.3) is 0 Å². The smallest absolute Gasteiger partial charge is 0.379 e. The summed E-state index contributed by atoms with van der Waals surface area (Å²) in [5, 5.41) is 8.38. The number of aliphatic hydroxyl groups is 1. The Hall–Kier alpha value is -0.520. The van der Waals surface area contributed by atoms with Gasteiger partial charge in [0.25, 0.3) is 0 Å². The highest BCUT2D eigenvalue weighted by molar-refractivity contribution is 6.42. The van der Waals surface area contributed by atoms with Gasteiger partial charge in [-0.3, -0.25) is 4.98 Å². The predicted octanol–water partition coefficient (Wildman–Crippen LogP) is 2.98. The Bertz CT molecular complexity index is 342. The van der Waals surface area contributed by atoms with Crippen molar-refractivity contribution in [1.82, 2.24) is 4.98 Å². The van der Waals surface area contributed by atoms with E-state index in [1.165, 1.54) is 0 Å². The number of nitrogens with zero attached hydrogens (tertiary/aromatic N) is 1. The zero-order valence-electron chi connectivity index (χ0n) is 6.52. The molecule has 1 aromatic rings. The molecule has 1 heterocycles. The van der Waals surface area contributed by atoms with Crippen LogP contribution in [0.5, 0.6) is 0 Å². The van der Waals surface area contributed by atoms with E-state index in [0.29, 0.717) is 0 Å². The van der Waals surface area contributed by atoms with E-state index < -0.39 is 17.8 Å². The fourth-order valence-corrected chi connectivity index (χ4v) is 1.17. The molecule has 0 spiro atoms. The molecule has 0 aliphatic heterocycles. The molecule has 0 saturated carbocycles. The summed E-state index contributed by atoms with van der Waals surface area (Å²) in [7, 11) is 0. The summed E-state index contributed by atoms with van der Waals surface area (Å²) >= 11 is 10.9.